The van der Waals surface area contributed by atoms with Crippen LogP contribution in [0.5, 0.6) is 0 Å². The molecule has 1 heterocycles. The second-order valence-corrected chi connectivity index (χ2v) is 4.83. The molecule has 0 saturated carbocycles. The van der Waals surface area contributed by atoms with Crippen LogP contribution in [0.1, 0.15) is 42.9 Å². The molecule has 17 heavy (non-hydrogen) atoms. The van der Waals surface area contributed by atoms with Gasteiger partial charge in [0.25, 0.3) is 0 Å². The van der Waals surface area contributed by atoms with Crippen LogP contribution in [0, 0.1) is 5.41 Å². The Balaban J connectivity index is 2.52. The molecule has 1 aromatic heterocycles. The predicted molar refractivity (Wildman–Crippen MR) is 64.4 cm³/mol. The lowest BCUT2D eigenvalue weighted by Crippen LogP contribution is -2.14. The minimum atomic E-state index is -1.09. The minimum absolute atomic E-state index is 0.0279. The van der Waals surface area contributed by atoms with E-state index in [1.807, 2.05) is 0 Å². The number of aromatic nitrogens is 2. The lowest BCUT2D eigenvalue weighted by molar-refractivity contribution is 0.0690. The van der Waals surface area contributed by atoms with Gasteiger partial charge in [-0.3, -0.25) is 0 Å². The Hall–Kier alpha value is -1.91. The summed E-state index contributed by atoms with van der Waals surface area (Å²) in [7, 11) is 0. The molecule has 0 fully saturated rings. The van der Waals surface area contributed by atoms with Gasteiger partial charge < -0.3 is 10.8 Å². The molecule has 5 heteroatoms. The maximum atomic E-state index is 10.9. The molecule has 0 unspecified atom stereocenters. The standard InChI is InChI=1S/C12H15N3O2/c1-12(2)5-3-4-7(12)9-10(13)14-6-8(15-9)11(16)17/h4,6H,3,5H2,1-2H3,(H2,13,14)(H,16,17). The number of nitrogens with zero attached hydrogens (tertiary/aromatic N) is 2. The number of carboxylic acid groups (broad SMARTS) is 1. The zero-order chi connectivity index (χ0) is 12.6. The summed E-state index contributed by atoms with van der Waals surface area (Å²) in [4.78, 5) is 18.9. The fourth-order valence-electron chi connectivity index (χ4n) is 2.11. The normalized spacial score (nSPS) is 17.9. The molecule has 0 saturated heterocycles. The van der Waals surface area contributed by atoms with Crippen LogP contribution < -0.4 is 5.73 Å². The lowest BCUT2D eigenvalue weighted by atomic mass is 9.84. The number of anilines is 1. The molecule has 3 N–H and O–H groups in total. The summed E-state index contributed by atoms with van der Waals surface area (Å²) < 4.78 is 0. The molecule has 0 amide bonds. The number of allylic oxidation sites excluding steroid dienone is 2. The first-order valence-corrected chi connectivity index (χ1v) is 5.48. The van der Waals surface area contributed by atoms with E-state index in [9.17, 15) is 4.79 Å². The summed E-state index contributed by atoms with van der Waals surface area (Å²) in [6.07, 6.45) is 5.22. The number of carbonyl (C=O) groups is 1. The van der Waals surface area contributed by atoms with E-state index in [0.717, 1.165) is 18.4 Å². The van der Waals surface area contributed by atoms with Gasteiger partial charge in [0.2, 0.25) is 0 Å². The lowest BCUT2D eigenvalue weighted by Gasteiger charge is -2.22. The topological polar surface area (TPSA) is 89.1 Å². The van der Waals surface area contributed by atoms with Gasteiger partial charge in [0.15, 0.2) is 5.69 Å². The zero-order valence-electron chi connectivity index (χ0n) is 9.90. The van der Waals surface area contributed by atoms with E-state index in [2.05, 4.69) is 29.9 Å². The van der Waals surface area contributed by atoms with E-state index >= 15 is 0 Å². The van der Waals surface area contributed by atoms with E-state index in [0.29, 0.717) is 5.69 Å². The summed E-state index contributed by atoms with van der Waals surface area (Å²) in [5.41, 5.74) is 7.18. The van der Waals surface area contributed by atoms with Crippen molar-refractivity contribution in [3.8, 4) is 0 Å². The van der Waals surface area contributed by atoms with Crippen molar-refractivity contribution in [1.29, 1.82) is 0 Å². The van der Waals surface area contributed by atoms with Crippen molar-refractivity contribution in [3.63, 3.8) is 0 Å². The largest absolute Gasteiger partial charge is 0.476 e. The minimum Gasteiger partial charge on any atom is -0.476 e. The van der Waals surface area contributed by atoms with Crippen molar-refractivity contribution in [2.45, 2.75) is 26.7 Å². The van der Waals surface area contributed by atoms with Gasteiger partial charge in [-0.1, -0.05) is 19.9 Å². The molecule has 0 spiro atoms. The number of nitrogens with two attached hydrogens (primary N) is 1. The van der Waals surface area contributed by atoms with Crippen molar-refractivity contribution in [2.75, 3.05) is 5.73 Å². The molecule has 5 nitrogen and oxygen atoms in total. The van der Waals surface area contributed by atoms with Crippen molar-refractivity contribution < 1.29 is 9.90 Å². The van der Waals surface area contributed by atoms with Gasteiger partial charge in [0.05, 0.1) is 6.20 Å². The number of aromatic carboxylic acids is 1. The zero-order valence-corrected chi connectivity index (χ0v) is 9.90. The molecule has 90 valence electrons. The van der Waals surface area contributed by atoms with Crippen LogP contribution in [-0.2, 0) is 0 Å². The van der Waals surface area contributed by atoms with Gasteiger partial charge in [0, 0.05) is 0 Å². The summed E-state index contributed by atoms with van der Waals surface area (Å²) >= 11 is 0. The van der Waals surface area contributed by atoms with E-state index in [4.69, 9.17) is 10.8 Å². The maximum Gasteiger partial charge on any atom is 0.356 e. The molecule has 2 rings (SSSR count). The first-order valence-electron chi connectivity index (χ1n) is 5.48. The highest BCUT2D eigenvalue weighted by molar-refractivity contribution is 5.86. The average Bonchev–Trinajstić information content (AvgIpc) is 2.58. The summed E-state index contributed by atoms with van der Waals surface area (Å²) in [5, 5.41) is 8.91. The van der Waals surface area contributed by atoms with Gasteiger partial charge in [-0.05, 0) is 23.8 Å². The Kier molecular flexibility index (Phi) is 2.61. The molecule has 1 aliphatic carbocycles. The summed E-state index contributed by atoms with van der Waals surface area (Å²) in [6.45, 7) is 4.20. The van der Waals surface area contributed by atoms with E-state index in [1.165, 1.54) is 6.20 Å². The number of hydrogen-bond acceptors (Lipinski definition) is 4. The smallest absolute Gasteiger partial charge is 0.356 e. The Labute approximate surface area is 99.4 Å². The maximum absolute atomic E-state index is 10.9. The predicted octanol–water partition coefficient (Wildman–Crippen LogP) is 1.96. The Morgan fingerprint density at radius 2 is 2.24 bits per heavy atom. The quantitative estimate of drug-likeness (QED) is 0.815. The van der Waals surface area contributed by atoms with Crippen LogP contribution in [0.4, 0.5) is 5.82 Å². The first kappa shape index (κ1) is 11.6. The van der Waals surface area contributed by atoms with Crippen LogP contribution >= 0.6 is 0 Å². The SMILES string of the molecule is CC1(C)CCC=C1c1nc(C(=O)O)cnc1N. The molecule has 1 aromatic rings. The molecule has 0 radical (unpaired) electrons. The average molecular weight is 233 g/mol. The van der Waals surface area contributed by atoms with Gasteiger partial charge in [-0.2, -0.15) is 0 Å². The van der Waals surface area contributed by atoms with Gasteiger partial charge >= 0.3 is 5.97 Å². The highest BCUT2D eigenvalue weighted by atomic mass is 16.4. The highest BCUT2D eigenvalue weighted by Gasteiger charge is 2.31. The van der Waals surface area contributed by atoms with Crippen molar-refractivity contribution in [3.05, 3.63) is 23.7 Å². The summed E-state index contributed by atoms with van der Waals surface area (Å²) in [5.74, 6) is -0.800. The fourth-order valence-corrected chi connectivity index (χ4v) is 2.11. The second kappa shape index (κ2) is 3.84. The van der Waals surface area contributed by atoms with E-state index < -0.39 is 5.97 Å². The van der Waals surface area contributed by atoms with E-state index in [-0.39, 0.29) is 16.9 Å². The molecule has 1 aliphatic rings. The number of nitrogen functional groups attached to an aromatic ring is 1. The molecular formula is C12H15N3O2. The van der Waals surface area contributed by atoms with Crippen molar-refractivity contribution in [2.24, 2.45) is 5.41 Å². The van der Waals surface area contributed by atoms with Crippen LogP contribution in [0.3, 0.4) is 0 Å². The third kappa shape index (κ3) is 2.00. The van der Waals surface area contributed by atoms with Crippen molar-refractivity contribution >= 4 is 17.4 Å². The summed E-state index contributed by atoms with van der Waals surface area (Å²) in [6, 6.07) is 0. The third-order valence-electron chi connectivity index (χ3n) is 3.12. The van der Waals surface area contributed by atoms with Crippen LogP contribution in [-0.4, -0.2) is 21.0 Å². The monoisotopic (exact) mass is 233 g/mol. The molecule has 0 aliphatic heterocycles. The molecular weight excluding hydrogens is 218 g/mol. The molecule has 0 atom stereocenters. The number of hydrogen-bond donors (Lipinski definition) is 2. The van der Waals surface area contributed by atoms with Gasteiger partial charge in [0.1, 0.15) is 11.5 Å². The number of carboxylic acids is 1. The van der Waals surface area contributed by atoms with Crippen LogP contribution in [0.15, 0.2) is 12.3 Å². The van der Waals surface area contributed by atoms with Gasteiger partial charge in [-0.15, -0.1) is 0 Å². The first-order chi connectivity index (χ1) is 7.92. The fraction of sp³-hybridized carbons (Fsp3) is 0.417. The Bertz CT molecular complexity index is 506. The third-order valence-corrected chi connectivity index (χ3v) is 3.12. The highest BCUT2D eigenvalue weighted by Crippen LogP contribution is 2.44. The Morgan fingerprint density at radius 3 is 2.76 bits per heavy atom. The van der Waals surface area contributed by atoms with Crippen LogP contribution in [0.25, 0.3) is 5.57 Å². The van der Waals surface area contributed by atoms with Crippen molar-refractivity contribution in [1.82, 2.24) is 9.97 Å². The Morgan fingerprint density at radius 1 is 1.53 bits per heavy atom. The van der Waals surface area contributed by atoms with Crippen LogP contribution in [0.2, 0.25) is 0 Å². The molecule has 0 aromatic carbocycles. The number of rotatable bonds is 2. The second-order valence-electron chi connectivity index (χ2n) is 4.83. The van der Waals surface area contributed by atoms with E-state index in [1.54, 1.807) is 0 Å². The molecule has 0 bridgehead atoms. The van der Waals surface area contributed by atoms with Gasteiger partial charge in [-0.25, -0.2) is 14.8 Å².